The number of carbonyl (C=O) groups is 2. The molecule has 1 aliphatic carbocycles. The smallest absolute Gasteiger partial charge is 0.340 e. The summed E-state index contributed by atoms with van der Waals surface area (Å²) >= 11 is 0. The van der Waals surface area contributed by atoms with Crippen molar-refractivity contribution in [3.63, 3.8) is 0 Å². The predicted molar refractivity (Wildman–Crippen MR) is 95.1 cm³/mol. The van der Waals surface area contributed by atoms with E-state index in [9.17, 15) is 22.8 Å². The molecule has 2 rings (SSSR count). The molecule has 9 heteroatoms. The van der Waals surface area contributed by atoms with E-state index in [1.54, 1.807) is 26.8 Å². The highest BCUT2D eigenvalue weighted by Gasteiger charge is 2.38. The highest BCUT2D eigenvalue weighted by atomic mass is 19.4. The summed E-state index contributed by atoms with van der Waals surface area (Å²) < 4.78 is 39.7. The maximum atomic E-state index is 12.9. The van der Waals surface area contributed by atoms with Gasteiger partial charge in [0.05, 0.1) is 5.57 Å². The van der Waals surface area contributed by atoms with Crippen molar-refractivity contribution in [2.75, 3.05) is 13.6 Å². The van der Waals surface area contributed by atoms with Gasteiger partial charge in [-0.25, -0.2) is 0 Å². The standard InChI is InChI=1S/C19H23F3N4O2/c1-5-26-14(9-15(24-26)19(20,21)22)17(28)25(4)7-6-12-8-13(11-23)16(27)18(2,3)10-12/h8-9,12H,5-7,10H2,1-4H3/t12-/m1/s1. The normalized spacial score (nSPS) is 19.1. The first-order valence-electron chi connectivity index (χ1n) is 8.98. The van der Waals surface area contributed by atoms with Gasteiger partial charge >= 0.3 is 6.18 Å². The Kier molecular flexibility index (Phi) is 6.02. The molecule has 0 saturated carbocycles. The first-order valence-corrected chi connectivity index (χ1v) is 8.98. The number of allylic oxidation sites excluding steroid dienone is 2. The second-order valence-corrected chi connectivity index (χ2v) is 7.61. The first-order chi connectivity index (χ1) is 12.9. The summed E-state index contributed by atoms with van der Waals surface area (Å²) in [6.45, 7) is 5.58. The van der Waals surface area contributed by atoms with Crippen molar-refractivity contribution in [3.8, 4) is 6.07 Å². The van der Waals surface area contributed by atoms with Gasteiger partial charge in [-0.3, -0.25) is 14.3 Å². The van der Waals surface area contributed by atoms with Crippen LogP contribution in [0.1, 0.15) is 49.8 Å². The van der Waals surface area contributed by atoms with Crippen LogP contribution in [0.3, 0.4) is 0 Å². The average Bonchev–Trinajstić information content (AvgIpc) is 3.06. The number of nitriles is 1. The van der Waals surface area contributed by atoms with Crippen LogP contribution in [-0.4, -0.2) is 40.0 Å². The molecule has 0 radical (unpaired) electrons. The van der Waals surface area contributed by atoms with E-state index >= 15 is 0 Å². The SMILES string of the molecule is CCn1nc(C(F)(F)F)cc1C(=O)N(C)CC[C@@H]1C=C(C#N)C(=O)C(C)(C)C1. The van der Waals surface area contributed by atoms with Crippen LogP contribution in [0.25, 0.3) is 0 Å². The molecule has 1 aromatic heterocycles. The molecule has 0 aliphatic heterocycles. The number of ketones is 1. The largest absolute Gasteiger partial charge is 0.435 e. The van der Waals surface area contributed by atoms with Crippen LogP contribution in [-0.2, 0) is 17.5 Å². The van der Waals surface area contributed by atoms with Gasteiger partial charge in [0.25, 0.3) is 5.91 Å². The summed E-state index contributed by atoms with van der Waals surface area (Å²) in [5, 5.41) is 12.6. The summed E-state index contributed by atoms with van der Waals surface area (Å²) in [6.07, 6.45) is -1.95. The fraction of sp³-hybridized carbons (Fsp3) is 0.579. The summed E-state index contributed by atoms with van der Waals surface area (Å²) in [5.41, 5.74) is -1.76. The van der Waals surface area contributed by atoms with Gasteiger partial charge in [0, 0.05) is 31.6 Å². The number of aryl methyl sites for hydroxylation is 1. The fourth-order valence-electron chi connectivity index (χ4n) is 3.38. The number of hydrogen-bond donors (Lipinski definition) is 0. The third-order valence-corrected chi connectivity index (χ3v) is 4.93. The number of Topliss-reactive ketones (excluding diaryl/α,β-unsaturated/α-hetero) is 1. The average molecular weight is 396 g/mol. The van der Waals surface area contributed by atoms with Crippen LogP contribution in [0.15, 0.2) is 17.7 Å². The van der Waals surface area contributed by atoms with Crippen molar-refractivity contribution in [1.82, 2.24) is 14.7 Å². The predicted octanol–water partition coefficient (Wildman–Crippen LogP) is 3.45. The van der Waals surface area contributed by atoms with E-state index in [1.807, 2.05) is 6.07 Å². The van der Waals surface area contributed by atoms with Gasteiger partial charge in [-0.1, -0.05) is 19.9 Å². The van der Waals surface area contributed by atoms with Crippen molar-refractivity contribution in [2.45, 2.75) is 46.3 Å². The van der Waals surface area contributed by atoms with E-state index in [0.717, 1.165) is 10.7 Å². The zero-order chi connectivity index (χ0) is 21.3. The van der Waals surface area contributed by atoms with Crippen LogP contribution < -0.4 is 0 Å². The van der Waals surface area contributed by atoms with Gasteiger partial charge in [-0.15, -0.1) is 0 Å². The van der Waals surface area contributed by atoms with Gasteiger partial charge in [0.2, 0.25) is 0 Å². The molecule has 1 aromatic rings. The molecule has 0 N–H and O–H groups in total. The second-order valence-electron chi connectivity index (χ2n) is 7.61. The molecule has 28 heavy (non-hydrogen) atoms. The van der Waals surface area contributed by atoms with Crippen LogP contribution in [0.2, 0.25) is 0 Å². The number of hydrogen-bond acceptors (Lipinski definition) is 4. The molecule has 0 aromatic carbocycles. The number of aromatic nitrogens is 2. The minimum Gasteiger partial charge on any atom is -0.340 e. The highest BCUT2D eigenvalue weighted by Crippen LogP contribution is 2.36. The molecule has 6 nitrogen and oxygen atoms in total. The molecule has 1 amide bonds. The molecular weight excluding hydrogens is 373 g/mol. The number of amides is 1. The summed E-state index contributed by atoms with van der Waals surface area (Å²) in [7, 11) is 1.51. The van der Waals surface area contributed by atoms with Crippen molar-refractivity contribution in [2.24, 2.45) is 11.3 Å². The molecule has 0 spiro atoms. The third kappa shape index (κ3) is 4.43. The van der Waals surface area contributed by atoms with Gasteiger partial charge in [0.15, 0.2) is 11.5 Å². The lowest BCUT2D eigenvalue weighted by atomic mass is 9.71. The van der Waals surface area contributed by atoms with Crippen molar-refractivity contribution in [3.05, 3.63) is 29.1 Å². The number of halogens is 3. The van der Waals surface area contributed by atoms with E-state index in [-0.39, 0.29) is 36.1 Å². The number of carbonyl (C=O) groups excluding carboxylic acids is 2. The molecule has 152 valence electrons. The van der Waals surface area contributed by atoms with Crippen LogP contribution in [0.4, 0.5) is 13.2 Å². The summed E-state index contributed by atoms with van der Waals surface area (Å²) in [4.78, 5) is 26.1. The maximum absolute atomic E-state index is 12.9. The lowest BCUT2D eigenvalue weighted by molar-refractivity contribution is -0.141. The second kappa shape index (κ2) is 7.78. The monoisotopic (exact) mass is 396 g/mol. The summed E-state index contributed by atoms with van der Waals surface area (Å²) in [6, 6.07) is 2.68. The van der Waals surface area contributed by atoms with Crippen molar-refractivity contribution >= 4 is 11.7 Å². The summed E-state index contributed by atoms with van der Waals surface area (Å²) in [5.74, 6) is -0.817. The van der Waals surface area contributed by atoms with Gasteiger partial charge in [-0.2, -0.15) is 23.5 Å². The number of rotatable bonds is 5. The molecule has 0 fully saturated rings. The molecule has 1 heterocycles. The molecule has 1 atom stereocenters. The Morgan fingerprint density at radius 3 is 2.64 bits per heavy atom. The van der Waals surface area contributed by atoms with Crippen molar-refractivity contribution < 1.29 is 22.8 Å². The Bertz CT molecular complexity index is 846. The molecule has 0 unspecified atom stereocenters. The Morgan fingerprint density at radius 2 is 2.11 bits per heavy atom. The van der Waals surface area contributed by atoms with Gasteiger partial charge in [-0.05, 0) is 25.7 Å². The zero-order valence-electron chi connectivity index (χ0n) is 16.3. The van der Waals surface area contributed by atoms with E-state index in [1.165, 1.54) is 11.9 Å². The van der Waals surface area contributed by atoms with Crippen LogP contribution in [0.5, 0.6) is 0 Å². The van der Waals surface area contributed by atoms with E-state index in [0.29, 0.717) is 12.8 Å². The minimum atomic E-state index is -4.62. The topological polar surface area (TPSA) is 79.0 Å². The zero-order valence-corrected chi connectivity index (χ0v) is 16.3. The molecule has 0 bridgehead atoms. The molecular formula is C19H23F3N4O2. The van der Waals surface area contributed by atoms with E-state index in [2.05, 4.69) is 5.10 Å². The molecule has 1 aliphatic rings. The number of alkyl halides is 3. The molecule has 0 saturated heterocycles. The number of nitrogens with zero attached hydrogens (tertiary/aromatic N) is 4. The van der Waals surface area contributed by atoms with Gasteiger partial charge in [0.1, 0.15) is 11.8 Å². The van der Waals surface area contributed by atoms with E-state index in [4.69, 9.17) is 5.26 Å². The lowest BCUT2D eigenvalue weighted by Gasteiger charge is -2.32. The van der Waals surface area contributed by atoms with E-state index < -0.39 is 23.2 Å². The Hall–Kier alpha value is -2.63. The quantitative estimate of drug-likeness (QED) is 0.764. The Morgan fingerprint density at radius 1 is 1.46 bits per heavy atom. The minimum absolute atomic E-state index is 0.0700. The maximum Gasteiger partial charge on any atom is 0.435 e. The Balaban J connectivity index is 2.12. The van der Waals surface area contributed by atoms with Crippen molar-refractivity contribution in [1.29, 1.82) is 5.26 Å². The fourth-order valence-corrected chi connectivity index (χ4v) is 3.38. The Labute approximate surface area is 161 Å². The third-order valence-electron chi connectivity index (χ3n) is 4.93. The first kappa shape index (κ1) is 21.7. The van der Waals surface area contributed by atoms with Crippen LogP contribution in [0, 0.1) is 22.7 Å². The van der Waals surface area contributed by atoms with Gasteiger partial charge < -0.3 is 4.90 Å². The lowest BCUT2D eigenvalue weighted by Crippen LogP contribution is -2.35. The highest BCUT2D eigenvalue weighted by molar-refractivity contribution is 6.03. The van der Waals surface area contributed by atoms with Crippen LogP contribution >= 0.6 is 0 Å².